The number of nitrogens with zero attached hydrogens (tertiary/aromatic N) is 2. The minimum atomic E-state index is 0.249. The Morgan fingerprint density at radius 1 is 1.17 bits per heavy atom. The zero-order chi connectivity index (χ0) is 16.5. The van der Waals surface area contributed by atoms with E-state index in [4.69, 9.17) is 9.72 Å². The number of anilines is 1. The zero-order valence-electron chi connectivity index (χ0n) is 13.2. The lowest BCUT2D eigenvalue weighted by Gasteiger charge is -2.08. The van der Waals surface area contributed by atoms with E-state index in [1.54, 1.807) is 30.6 Å². The molecule has 2 N–H and O–H groups in total. The first kappa shape index (κ1) is 15.0. The number of thiazole rings is 1. The van der Waals surface area contributed by atoms with E-state index in [0.29, 0.717) is 13.2 Å². The number of ether oxygens (including phenoxy) is 1. The first-order chi connectivity index (χ1) is 11.8. The predicted molar refractivity (Wildman–Crippen MR) is 98.0 cm³/mol. The van der Waals surface area contributed by atoms with E-state index in [9.17, 15) is 5.11 Å². The molecule has 122 valence electrons. The van der Waals surface area contributed by atoms with Gasteiger partial charge in [-0.15, -0.1) is 0 Å². The van der Waals surface area contributed by atoms with Gasteiger partial charge in [-0.3, -0.25) is 4.40 Å². The number of aromatic hydroxyl groups is 1. The molecule has 4 aromatic rings. The Bertz CT molecular complexity index is 989. The van der Waals surface area contributed by atoms with Crippen LogP contribution < -0.4 is 5.32 Å². The van der Waals surface area contributed by atoms with Crippen molar-refractivity contribution in [2.24, 2.45) is 0 Å². The Hall–Kier alpha value is -2.57. The average Bonchev–Trinajstić information content (AvgIpc) is 3.12. The Morgan fingerprint density at radius 3 is 2.75 bits per heavy atom. The zero-order valence-corrected chi connectivity index (χ0v) is 14.0. The second kappa shape index (κ2) is 6.14. The number of phenols is 1. The maximum Gasteiger partial charge on any atom is 0.197 e. The number of benzene rings is 2. The number of aromatic nitrogens is 2. The summed E-state index contributed by atoms with van der Waals surface area (Å²) in [7, 11) is 1.69. The van der Waals surface area contributed by atoms with Crippen LogP contribution in [0, 0.1) is 0 Å². The average molecular weight is 339 g/mol. The summed E-state index contributed by atoms with van der Waals surface area (Å²) in [6, 6.07) is 15.4. The molecule has 0 amide bonds. The lowest BCUT2D eigenvalue weighted by molar-refractivity contribution is 0.210. The van der Waals surface area contributed by atoms with Crippen LogP contribution in [0.4, 0.5) is 5.82 Å². The Balaban J connectivity index is 1.91. The van der Waals surface area contributed by atoms with Crippen molar-refractivity contribution in [3.8, 4) is 17.0 Å². The second-order valence-electron chi connectivity index (χ2n) is 5.46. The van der Waals surface area contributed by atoms with Crippen molar-refractivity contribution in [2.75, 3.05) is 25.6 Å². The molecule has 2 heterocycles. The summed E-state index contributed by atoms with van der Waals surface area (Å²) in [5.74, 6) is 1.20. The van der Waals surface area contributed by atoms with Crippen LogP contribution in [0.25, 0.3) is 26.4 Å². The molecule has 0 bridgehead atoms. The molecule has 6 heteroatoms. The van der Waals surface area contributed by atoms with Crippen molar-refractivity contribution in [3.05, 3.63) is 48.5 Å². The van der Waals surface area contributed by atoms with Crippen LogP contribution in [-0.4, -0.2) is 34.8 Å². The van der Waals surface area contributed by atoms with Gasteiger partial charge in [0.25, 0.3) is 0 Å². The summed E-state index contributed by atoms with van der Waals surface area (Å²) in [5.41, 5.74) is 2.98. The Kier molecular flexibility index (Phi) is 3.84. The maximum atomic E-state index is 9.53. The van der Waals surface area contributed by atoms with Gasteiger partial charge in [0.1, 0.15) is 17.3 Å². The van der Waals surface area contributed by atoms with E-state index >= 15 is 0 Å². The van der Waals surface area contributed by atoms with Crippen LogP contribution in [0.5, 0.6) is 5.75 Å². The fourth-order valence-corrected chi connectivity index (χ4v) is 3.80. The van der Waals surface area contributed by atoms with Gasteiger partial charge in [-0.1, -0.05) is 23.5 Å². The van der Waals surface area contributed by atoms with Crippen molar-refractivity contribution in [2.45, 2.75) is 0 Å². The molecule has 24 heavy (non-hydrogen) atoms. The van der Waals surface area contributed by atoms with Crippen LogP contribution in [0.1, 0.15) is 0 Å². The summed E-state index contributed by atoms with van der Waals surface area (Å²) >= 11 is 1.66. The van der Waals surface area contributed by atoms with Crippen LogP contribution in [0.3, 0.4) is 0 Å². The minimum absolute atomic E-state index is 0.249. The second-order valence-corrected chi connectivity index (χ2v) is 6.47. The van der Waals surface area contributed by atoms with Crippen molar-refractivity contribution in [1.29, 1.82) is 0 Å². The maximum absolute atomic E-state index is 9.53. The fourth-order valence-electron chi connectivity index (χ4n) is 2.77. The first-order valence-corrected chi connectivity index (χ1v) is 8.52. The third kappa shape index (κ3) is 2.50. The third-order valence-electron chi connectivity index (χ3n) is 3.89. The molecule has 0 saturated heterocycles. The summed E-state index contributed by atoms with van der Waals surface area (Å²) in [6.45, 7) is 1.31. The van der Waals surface area contributed by atoms with Gasteiger partial charge in [-0.05, 0) is 36.4 Å². The molecule has 0 unspecified atom stereocenters. The highest BCUT2D eigenvalue weighted by Gasteiger charge is 2.17. The monoisotopic (exact) mass is 339 g/mol. The normalized spacial score (nSPS) is 11.4. The summed E-state index contributed by atoms with van der Waals surface area (Å²) in [5, 5.41) is 13.0. The molecule has 4 rings (SSSR count). The number of phenolic OH excluding ortho intramolecular Hbond substituents is 1. The molecule has 0 aliphatic carbocycles. The van der Waals surface area contributed by atoms with Crippen LogP contribution in [0.15, 0.2) is 48.5 Å². The molecular formula is C18H17N3O2S. The predicted octanol–water partition coefficient (Wildman–Crippen LogP) is 3.98. The van der Waals surface area contributed by atoms with Gasteiger partial charge < -0.3 is 15.2 Å². The van der Waals surface area contributed by atoms with Crippen LogP contribution in [-0.2, 0) is 4.74 Å². The molecule has 0 fully saturated rings. The van der Waals surface area contributed by atoms with Gasteiger partial charge >= 0.3 is 0 Å². The van der Waals surface area contributed by atoms with Crippen molar-refractivity contribution < 1.29 is 9.84 Å². The van der Waals surface area contributed by atoms with E-state index in [-0.39, 0.29) is 5.75 Å². The molecule has 5 nitrogen and oxygen atoms in total. The van der Waals surface area contributed by atoms with E-state index in [2.05, 4.69) is 21.9 Å². The van der Waals surface area contributed by atoms with Gasteiger partial charge in [-0.2, -0.15) is 0 Å². The molecule has 2 aromatic carbocycles. The molecular weight excluding hydrogens is 322 g/mol. The highest BCUT2D eigenvalue weighted by molar-refractivity contribution is 7.23. The Labute approximate surface area is 143 Å². The van der Waals surface area contributed by atoms with Crippen LogP contribution in [0.2, 0.25) is 0 Å². The minimum Gasteiger partial charge on any atom is -0.508 e. The number of nitrogens with one attached hydrogen (secondary N) is 1. The van der Waals surface area contributed by atoms with Crippen molar-refractivity contribution >= 4 is 32.3 Å². The molecule has 0 radical (unpaired) electrons. The molecule has 0 aliphatic heterocycles. The first-order valence-electron chi connectivity index (χ1n) is 7.70. The smallest absolute Gasteiger partial charge is 0.197 e. The molecule has 0 aliphatic rings. The van der Waals surface area contributed by atoms with Gasteiger partial charge in [0.2, 0.25) is 0 Å². The highest BCUT2D eigenvalue weighted by Crippen LogP contribution is 2.36. The topological polar surface area (TPSA) is 58.8 Å². The largest absolute Gasteiger partial charge is 0.508 e. The molecule has 0 saturated carbocycles. The number of hydrogen-bond donors (Lipinski definition) is 2. The molecule has 0 spiro atoms. The van der Waals surface area contributed by atoms with Crippen LogP contribution >= 0.6 is 11.3 Å². The number of fused-ring (bicyclic) bond motifs is 3. The van der Waals surface area contributed by atoms with Gasteiger partial charge in [0.05, 0.1) is 16.8 Å². The van der Waals surface area contributed by atoms with Gasteiger partial charge in [0.15, 0.2) is 4.96 Å². The van der Waals surface area contributed by atoms with E-state index in [0.717, 1.165) is 27.6 Å². The van der Waals surface area contributed by atoms with E-state index in [1.807, 2.05) is 24.3 Å². The number of imidazole rings is 1. The standard InChI is InChI=1S/C18H17N3O2S/c1-23-11-10-19-17-16(12-6-8-13(22)9-7-12)20-18-21(17)14-4-2-3-5-15(14)24-18/h2-9,19,22H,10-11H2,1H3. The van der Waals surface area contributed by atoms with Gasteiger partial charge in [0, 0.05) is 19.2 Å². The summed E-state index contributed by atoms with van der Waals surface area (Å²) in [4.78, 5) is 5.77. The number of hydrogen-bond acceptors (Lipinski definition) is 5. The van der Waals surface area contributed by atoms with Gasteiger partial charge in [-0.25, -0.2) is 4.98 Å². The van der Waals surface area contributed by atoms with Crippen molar-refractivity contribution in [3.63, 3.8) is 0 Å². The fraction of sp³-hybridized carbons (Fsp3) is 0.167. The summed E-state index contributed by atoms with van der Waals surface area (Å²) in [6.07, 6.45) is 0. The lowest BCUT2D eigenvalue weighted by atomic mass is 10.1. The SMILES string of the molecule is COCCNc1c(-c2ccc(O)cc2)nc2sc3ccccc3n12. The number of para-hydroxylation sites is 1. The lowest BCUT2D eigenvalue weighted by Crippen LogP contribution is -2.09. The third-order valence-corrected chi connectivity index (χ3v) is 4.91. The van der Waals surface area contributed by atoms with E-state index in [1.165, 1.54) is 4.70 Å². The molecule has 2 aromatic heterocycles. The number of rotatable bonds is 5. The van der Waals surface area contributed by atoms with Crippen molar-refractivity contribution in [1.82, 2.24) is 9.38 Å². The highest BCUT2D eigenvalue weighted by atomic mass is 32.1. The molecule has 0 atom stereocenters. The number of methoxy groups -OCH3 is 1. The quantitative estimate of drug-likeness (QED) is 0.540. The Morgan fingerprint density at radius 2 is 1.96 bits per heavy atom. The van der Waals surface area contributed by atoms with E-state index < -0.39 is 0 Å². The summed E-state index contributed by atoms with van der Waals surface area (Å²) < 4.78 is 8.51.